The minimum Gasteiger partial charge on any atom is -0.505 e. The minimum absolute atomic E-state index is 0.336. The Morgan fingerprint density at radius 1 is 0.947 bits per heavy atom. The van der Waals surface area contributed by atoms with Crippen molar-refractivity contribution in [2.45, 2.75) is 6.36 Å². The monoisotopic (exact) mass is 272 g/mol. The first-order chi connectivity index (χ1) is 8.85. The molecule has 1 N–H and O–H groups in total. The summed E-state index contributed by atoms with van der Waals surface area (Å²) >= 11 is 0. The SMILES string of the molecule is Oc1ccc(-c2cccc(OC(F)(F)F)c2)cc1F. The van der Waals surface area contributed by atoms with Crippen molar-refractivity contribution < 1.29 is 27.4 Å². The Hall–Kier alpha value is -2.24. The second-order valence-electron chi connectivity index (χ2n) is 3.74. The van der Waals surface area contributed by atoms with Crippen molar-refractivity contribution in [1.29, 1.82) is 0 Å². The summed E-state index contributed by atoms with van der Waals surface area (Å²) in [6.07, 6.45) is -4.78. The molecule has 0 unspecified atom stereocenters. The van der Waals surface area contributed by atoms with Gasteiger partial charge in [-0.1, -0.05) is 18.2 Å². The van der Waals surface area contributed by atoms with Gasteiger partial charge in [-0.05, 0) is 35.4 Å². The molecule has 0 saturated heterocycles. The summed E-state index contributed by atoms with van der Waals surface area (Å²) in [6.45, 7) is 0. The summed E-state index contributed by atoms with van der Waals surface area (Å²) in [5, 5.41) is 9.05. The smallest absolute Gasteiger partial charge is 0.505 e. The molecule has 0 heterocycles. The molecule has 2 aromatic carbocycles. The Labute approximate surface area is 105 Å². The molecule has 0 aliphatic heterocycles. The van der Waals surface area contributed by atoms with Gasteiger partial charge in [-0.25, -0.2) is 4.39 Å². The summed E-state index contributed by atoms with van der Waals surface area (Å²) in [6, 6.07) is 8.71. The largest absolute Gasteiger partial charge is 0.573 e. The molecule has 0 radical (unpaired) electrons. The van der Waals surface area contributed by atoms with E-state index in [9.17, 15) is 17.6 Å². The van der Waals surface area contributed by atoms with E-state index < -0.39 is 23.7 Å². The summed E-state index contributed by atoms with van der Waals surface area (Å²) in [5.74, 6) is -1.76. The molecule has 2 aromatic rings. The molecule has 0 bridgehead atoms. The van der Waals surface area contributed by atoms with Crippen LogP contribution in [0.2, 0.25) is 0 Å². The molecule has 0 aromatic heterocycles. The number of benzene rings is 2. The topological polar surface area (TPSA) is 29.5 Å². The third-order valence-electron chi connectivity index (χ3n) is 2.35. The highest BCUT2D eigenvalue weighted by Gasteiger charge is 2.31. The maximum Gasteiger partial charge on any atom is 0.573 e. The Morgan fingerprint density at radius 3 is 2.26 bits per heavy atom. The van der Waals surface area contributed by atoms with Crippen LogP contribution < -0.4 is 4.74 Å². The lowest BCUT2D eigenvalue weighted by Crippen LogP contribution is -2.17. The highest BCUT2D eigenvalue weighted by molar-refractivity contribution is 5.65. The second-order valence-corrected chi connectivity index (χ2v) is 3.74. The van der Waals surface area contributed by atoms with Crippen LogP contribution in [0, 0.1) is 5.82 Å². The lowest BCUT2D eigenvalue weighted by molar-refractivity contribution is -0.274. The fourth-order valence-electron chi connectivity index (χ4n) is 1.56. The van der Waals surface area contributed by atoms with E-state index in [1.807, 2.05) is 0 Å². The van der Waals surface area contributed by atoms with E-state index in [1.54, 1.807) is 0 Å². The van der Waals surface area contributed by atoms with Crippen molar-refractivity contribution in [2.75, 3.05) is 0 Å². The van der Waals surface area contributed by atoms with Crippen LogP contribution in [-0.4, -0.2) is 11.5 Å². The van der Waals surface area contributed by atoms with E-state index in [2.05, 4.69) is 4.74 Å². The molecular formula is C13H8F4O2. The summed E-state index contributed by atoms with van der Waals surface area (Å²) in [5.41, 5.74) is 0.684. The van der Waals surface area contributed by atoms with Crippen molar-refractivity contribution in [3.63, 3.8) is 0 Å². The highest BCUT2D eigenvalue weighted by Crippen LogP contribution is 2.29. The lowest BCUT2D eigenvalue weighted by atomic mass is 10.1. The number of phenolic OH excluding ortho intramolecular Hbond substituents is 1. The molecule has 0 spiro atoms. The van der Waals surface area contributed by atoms with Crippen LogP contribution in [0.5, 0.6) is 11.5 Å². The van der Waals surface area contributed by atoms with Gasteiger partial charge in [-0.3, -0.25) is 0 Å². The average molecular weight is 272 g/mol. The highest BCUT2D eigenvalue weighted by atomic mass is 19.4. The Kier molecular flexibility index (Phi) is 3.33. The first-order valence-electron chi connectivity index (χ1n) is 5.20. The van der Waals surface area contributed by atoms with Crippen molar-refractivity contribution in [3.05, 3.63) is 48.3 Å². The maximum atomic E-state index is 13.2. The number of rotatable bonds is 2. The van der Waals surface area contributed by atoms with Crippen LogP contribution in [-0.2, 0) is 0 Å². The number of hydrogen-bond donors (Lipinski definition) is 1. The van der Waals surface area contributed by atoms with E-state index >= 15 is 0 Å². The molecule has 0 saturated carbocycles. The zero-order valence-corrected chi connectivity index (χ0v) is 9.41. The Bertz CT molecular complexity index is 593. The van der Waals surface area contributed by atoms with Crippen LogP contribution in [0.25, 0.3) is 11.1 Å². The molecule has 0 atom stereocenters. The van der Waals surface area contributed by atoms with Crippen molar-refractivity contribution >= 4 is 0 Å². The molecule has 19 heavy (non-hydrogen) atoms. The number of halogens is 4. The molecule has 2 rings (SSSR count). The van der Waals surface area contributed by atoms with Gasteiger partial charge in [-0.2, -0.15) is 0 Å². The standard InChI is InChI=1S/C13H8F4O2/c14-11-7-9(4-5-12(11)18)8-2-1-3-10(6-8)19-13(15,16)17/h1-7,18H. The first kappa shape index (κ1) is 13.2. The zero-order valence-electron chi connectivity index (χ0n) is 9.41. The fraction of sp³-hybridized carbons (Fsp3) is 0.0769. The normalized spacial score (nSPS) is 11.4. The van der Waals surface area contributed by atoms with E-state index in [0.29, 0.717) is 11.1 Å². The molecule has 2 nitrogen and oxygen atoms in total. The van der Waals surface area contributed by atoms with Gasteiger partial charge in [0.2, 0.25) is 0 Å². The third kappa shape index (κ3) is 3.37. The number of aromatic hydroxyl groups is 1. The van der Waals surface area contributed by atoms with Gasteiger partial charge >= 0.3 is 6.36 Å². The fourth-order valence-corrected chi connectivity index (χ4v) is 1.56. The number of ether oxygens (including phenoxy) is 1. The van der Waals surface area contributed by atoms with Gasteiger partial charge < -0.3 is 9.84 Å². The Morgan fingerprint density at radius 2 is 1.63 bits per heavy atom. The number of alkyl halides is 3. The quantitative estimate of drug-likeness (QED) is 0.834. The minimum atomic E-state index is -4.78. The first-order valence-corrected chi connectivity index (χ1v) is 5.20. The van der Waals surface area contributed by atoms with Crippen molar-refractivity contribution in [3.8, 4) is 22.6 Å². The molecule has 0 aliphatic rings. The van der Waals surface area contributed by atoms with Gasteiger partial charge in [0, 0.05) is 0 Å². The van der Waals surface area contributed by atoms with Crippen molar-refractivity contribution in [2.24, 2.45) is 0 Å². The van der Waals surface area contributed by atoms with Crippen LogP contribution in [0.3, 0.4) is 0 Å². The van der Waals surface area contributed by atoms with Gasteiger partial charge in [-0.15, -0.1) is 13.2 Å². The Balaban J connectivity index is 2.35. The zero-order chi connectivity index (χ0) is 14.0. The van der Waals surface area contributed by atoms with Gasteiger partial charge in [0.05, 0.1) is 0 Å². The predicted octanol–water partition coefficient (Wildman–Crippen LogP) is 4.10. The van der Waals surface area contributed by atoms with Gasteiger partial charge in [0.15, 0.2) is 11.6 Å². The van der Waals surface area contributed by atoms with Crippen LogP contribution in [0.4, 0.5) is 17.6 Å². The molecule has 6 heteroatoms. The maximum absolute atomic E-state index is 13.2. The lowest BCUT2D eigenvalue weighted by Gasteiger charge is -2.10. The van der Waals surface area contributed by atoms with Crippen LogP contribution in [0.15, 0.2) is 42.5 Å². The molecular weight excluding hydrogens is 264 g/mol. The van der Waals surface area contributed by atoms with E-state index in [0.717, 1.165) is 24.3 Å². The molecule has 0 fully saturated rings. The third-order valence-corrected chi connectivity index (χ3v) is 2.35. The molecule has 0 amide bonds. The van der Waals surface area contributed by atoms with Crippen LogP contribution in [0.1, 0.15) is 0 Å². The van der Waals surface area contributed by atoms with Crippen molar-refractivity contribution in [1.82, 2.24) is 0 Å². The summed E-state index contributed by atoms with van der Waals surface area (Å²) < 4.78 is 53.2. The average Bonchev–Trinajstić information content (AvgIpc) is 2.31. The number of phenols is 1. The second kappa shape index (κ2) is 4.79. The van der Waals surface area contributed by atoms with E-state index in [-0.39, 0.29) is 0 Å². The van der Waals surface area contributed by atoms with E-state index in [4.69, 9.17) is 5.11 Å². The van der Waals surface area contributed by atoms with Crippen LogP contribution >= 0.6 is 0 Å². The van der Waals surface area contributed by atoms with E-state index in [1.165, 1.54) is 18.2 Å². The van der Waals surface area contributed by atoms with Gasteiger partial charge in [0.1, 0.15) is 5.75 Å². The molecule has 100 valence electrons. The van der Waals surface area contributed by atoms with Gasteiger partial charge in [0.25, 0.3) is 0 Å². The summed E-state index contributed by atoms with van der Waals surface area (Å²) in [7, 11) is 0. The summed E-state index contributed by atoms with van der Waals surface area (Å²) in [4.78, 5) is 0. The number of hydrogen-bond acceptors (Lipinski definition) is 2. The predicted molar refractivity (Wildman–Crippen MR) is 60.2 cm³/mol. The molecule has 0 aliphatic carbocycles.